The van der Waals surface area contributed by atoms with Crippen LogP contribution in [0, 0.1) is 5.41 Å². The summed E-state index contributed by atoms with van der Waals surface area (Å²) in [7, 11) is 0. The second kappa shape index (κ2) is 8.58. The van der Waals surface area contributed by atoms with Crippen LogP contribution in [0.25, 0.3) is 0 Å². The van der Waals surface area contributed by atoms with Gasteiger partial charge in [0.1, 0.15) is 18.4 Å². The lowest BCUT2D eigenvalue weighted by atomic mass is 9.85. The highest BCUT2D eigenvalue weighted by Gasteiger charge is 2.27. The molecule has 0 aliphatic heterocycles. The van der Waals surface area contributed by atoms with Crippen LogP contribution >= 0.6 is 0 Å². The van der Waals surface area contributed by atoms with Crippen LogP contribution in [0.3, 0.4) is 0 Å². The number of ketones is 1. The molecule has 0 saturated carbocycles. The molecular formula is C18H25N3O2. The van der Waals surface area contributed by atoms with Gasteiger partial charge in [-0.15, -0.1) is 10.2 Å². The summed E-state index contributed by atoms with van der Waals surface area (Å²) in [5, 5.41) is 7.54. The van der Waals surface area contributed by atoms with Crippen LogP contribution in [0.5, 0.6) is 0 Å². The summed E-state index contributed by atoms with van der Waals surface area (Å²) in [6, 6.07) is 10.1. The Morgan fingerprint density at radius 3 is 2.52 bits per heavy atom. The average molecular weight is 315 g/mol. The minimum atomic E-state index is -0.396. The van der Waals surface area contributed by atoms with Gasteiger partial charge in [0.2, 0.25) is 0 Å². The Kier molecular flexibility index (Phi) is 6.47. The molecule has 0 aliphatic rings. The number of hydrogen-bond donors (Lipinski definition) is 0. The van der Waals surface area contributed by atoms with Crippen molar-refractivity contribution in [2.75, 3.05) is 6.61 Å². The van der Waals surface area contributed by atoms with Gasteiger partial charge in [-0.3, -0.25) is 4.79 Å². The van der Waals surface area contributed by atoms with E-state index >= 15 is 0 Å². The lowest BCUT2D eigenvalue weighted by molar-refractivity contribution is -0.128. The second-order valence-electron chi connectivity index (χ2n) is 6.44. The van der Waals surface area contributed by atoms with Crippen molar-refractivity contribution >= 4 is 5.78 Å². The van der Waals surface area contributed by atoms with Gasteiger partial charge in [-0.25, -0.2) is 0 Å². The number of unbranched alkanes of at least 4 members (excludes halogenated alkanes) is 1. The topological polar surface area (TPSA) is 57.0 Å². The standard InChI is InChI=1S/C18H25N3O2/c1-18(2,13-21-14-19-20-15-21)17(22)10-6-7-11-23-12-16-8-4-3-5-9-16/h3-5,8-9,14-15H,6-7,10-13H2,1-2H3. The third-order valence-corrected chi connectivity index (χ3v) is 3.85. The zero-order chi connectivity index (χ0) is 16.5. The third-order valence-electron chi connectivity index (χ3n) is 3.85. The fourth-order valence-electron chi connectivity index (χ4n) is 2.44. The second-order valence-corrected chi connectivity index (χ2v) is 6.44. The van der Waals surface area contributed by atoms with Crippen LogP contribution in [-0.2, 0) is 22.7 Å². The number of aromatic nitrogens is 3. The Bertz CT molecular complexity index is 580. The summed E-state index contributed by atoms with van der Waals surface area (Å²) in [5.41, 5.74) is 0.784. The molecule has 0 saturated heterocycles. The van der Waals surface area contributed by atoms with E-state index in [1.807, 2.05) is 36.6 Å². The number of carbonyl (C=O) groups is 1. The summed E-state index contributed by atoms with van der Waals surface area (Å²) in [4.78, 5) is 12.4. The average Bonchev–Trinajstić information content (AvgIpc) is 3.03. The van der Waals surface area contributed by atoms with Gasteiger partial charge in [0.05, 0.1) is 6.61 Å². The van der Waals surface area contributed by atoms with Crippen LogP contribution in [0.15, 0.2) is 43.0 Å². The molecule has 0 fully saturated rings. The highest BCUT2D eigenvalue weighted by atomic mass is 16.5. The monoisotopic (exact) mass is 315 g/mol. The number of ether oxygens (including phenoxy) is 1. The van der Waals surface area contributed by atoms with Crippen molar-refractivity contribution in [2.45, 2.75) is 46.3 Å². The summed E-state index contributed by atoms with van der Waals surface area (Å²) < 4.78 is 7.49. The zero-order valence-corrected chi connectivity index (χ0v) is 13.9. The van der Waals surface area contributed by atoms with E-state index in [1.165, 1.54) is 5.56 Å². The molecule has 0 N–H and O–H groups in total. The fraction of sp³-hybridized carbons (Fsp3) is 0.500. The molecule has 0 atom stereocenters. The summed E-state index contributed by atoms with van der Waals surface area (Å²) in [6.45, 7) is 5.88. The van der Waals surface area contributed by atoms with Gasteiger partial charge in [0, 0.05) is 25.0 Å². The molecule has 23 heavy (non-hydrogen) atoms. The van der Waals surface area contributed by atoms with Gasteiger partial charge in [0.25, 0.3) is 0 Å². The maximum atomic E-state index is 12.4. The van der Waals surface area contributed by atoms with Gasteiger partial charge in [-0.05, 0) is 18.4 Å². The predicted octanol–water partition coefficient (Wildman–Crippen LogP) is 3.26. The van der Waals surface area contributed by atoms with E-state index < -0.39 is 5.41 Å². The Labute approximate surface area is 137 Å². The van der Waals surface area contributed by atoms with E-state index in [2.05, 4.69) is 22.3 Å². The Morgan fingerprint density at radius 1 is 1.13 bits per heavy atom. The normalized spacial score (nSPS) is 11.6. The first-order chi connectivity index (χ1) is 11.1. The number of Topliss-reactive ketones (excluding diaryl/α,β-unsaturated/α-hetero) is 1. The number of hydrogen-bond acceptors (Lipinski definition) is 4. The van der Waals surface area contributed by atoms with Crippen molar-refractivity contribution < 1.29 is 9.53 Å². The first-order valence-electron chi connectivity index (χ1n) is 8.05. The van der Waals surface area contributed by atoms with Crippen LogP contribution in [0.1, 0.15) is 38.7 Å². The number of rotatable bonds is 10. The number of carbonyl (C=O) groups excluding carboxylic acids is 1. The van der Waals surface area contributed by atoms with Gasteiger partial charge in [-0.2, -0.15) is 0 Å². The largest absolute Gasteiger partial charge is 0.377 e. The molecule has 124 valence electrons. The van der Waals surface area contributed by atoms with Crippen LogP contribution in [0.2, 0.25) is 0 Å². The third kappa shape index (κ3) is 5.94. The Balaban J connectivity index is 1.60. The molecule has 1 aromatic heterocycles. The molecular weight excluding hydrogens is 290 g/mol. The molecule has 0 aliphatic carbocycles. The van der Waals surface area contributed by atoms with Crippen molar-refractivity contribution in [2.24, 2.45) is 5.41 Å². The molecule has 5 heteroatoms. The van der Waals surface area contributed by atoms with Crippen LogP contribution < -0.4 is 0 Å². The summed E-state index contributed by atoms with van der Waals surface area (Å²) in [5.74, 6) is 0.272. The molecule has 0 radical (unpaired) electrons. The molecule has 1 aromatic carbocycles. The quantitative estimate of drug-likeness (QED) is 0.631. The Hall–Kier alpha value is -2.01. The predicted molar refractivity (Wildman–Crippen MR) is 88.8 cm³/mol. The van der Waals surface area contributed by atoms with Crippen molar-refractivity contribution in [3.8, 4) is 0 Å². The fourth-order valence-corrected chi connectivity index (χ4v) is 2.44. The minimum absolute atomic E-state index is 0.272. The first kappa shape index (κ1) is 17.3. The van der Waals surface area contributed by atoms with Crippen LogP contribution in [0.4, 0.5) is 0 Å². The molecule has 2 rings (SSSR count). The van der Waals surface area contributed by atoms with E-state index in [0.717, 1.165) is 12.8 Å². The maximum absolute atomic E-state index is 12.4. The minimum Gasteiger partial charge on any atom is -0.377 e. The van der Waals surface area contributed by atoms with Crippen molar-refractivity contribution in [3.63, 3.8) is 0 Å². The molecule has 0 unspecified atom stereocenters. The van der Waals surface area contributed by atoms with E-state index in [0.29, 0.717) is 26.2 Å². The van der Waals surface area contributed by atoms with E-state index in [9.17, 15) is 4.79 Å². The summed E-state index contributed by atoms with van der Waals surface area (Å²) >= 11 is 0. The smallest absolute Gasteiger partial charge is 0.140 e. The molecule has 0 amide bonds. The molecule has 5 nitrogen and oxygen atoms in total. The highest BCUT2D eigenvalue weighted by Crippen LogP contribution is 2.22. The molecule has 1 heterocycles. The van der Waals surface area contributed by atoms with E-state index in [4.69, 9.17) is 4.74 Å². The SMILES string of the molecule is CC(C)(Cn1cnnc1)C(=O)CCCCOCc1ccccc1. The van der Waals surface area contributed by atoms with E-state index in [1.54, 1.807) is 12.7 Å². The molecule has 2 aromatic rings. The van der Waals surface area contributed by atoms with E-state index in [-0.39, 0.29) is 5.78 Å². The first-order valence-corrected chi connectivity index (χ1v) is 8.05. The van der Waals surface area contributed by atoms with Crippen molar-refractivity contribution in [1.29, 1.82) is 0 Å². The van der Waals surface area contributed by atoms with Gasteiger partial charge in [0.15, 0.2) is 0 Å². The van der Waals surface area contributed by atoms with Gasteiger partial charge in [-0.1, -0.05) is 44.2 Å². The molecule has 0 spiro atoms. The summed E-state index contributed by atoms with van der Waals surface area (Å²) in [6.07, 6.45) is 5.64. The van der Waals surface area contributed by atoms with Crippen molar-refractivity contribution in [3.05, 3.63) is 48.5 Å². The number of nitrogens with zero attached hydrogens (tertiary/aromatic N) is 3. The van der Waals surface area contributed by atoms with Crippen molar-refractivity contribution in [1.82, 2.24) is 14.8 Å². The lowest BCUT2D eigenvalue weighted by Gasteiger charge is -2.23. The van der Waals surface area contributed by atoms with Gasteiger partial charge < -0.3 is 9.30 Å². The lowest BCUT2D eigenvalue weighted by Crippen LogP contribution is -2.29. The molecule has 0 bridgehead atoms. The zero-order valence-electron chi connectivity index (χ0n) is 13.9. The van der Waals surface area contributed by atoms with Crippen LogP contribution in [-0.4, -0.2) is 27.2 Å². The maximum Gasteiger partial charge on any atom is 0.140 e. The van der Waals surface area contributed by atoms with Gasteiger partial charge >= 0.3 is 0 Å². The number of benzene rings is 1. The Morgan fingerprint density at radius 2 is 1.83 bits per heavy atom. The highest BCUT2D eigenvalue weighted by molar-refractivity contribution is 5.83.